The zero-order chi connectivity index (χ0) is 39.7. The van der Waals surface area contributed by atoms with E-state index >= 15 is 13.2 Å². The molecule has 10 aliphatic rings. The second-order valence-electron chi connectivity index (χ2n) is 17.7. The summed E-state index contributed by atoms with van der Waals surface area (Å²) in [6.45, 7) is 7.56. The molecule has 11 nitrogen and oxygen atoms in total. The van der Waals surface area contributed by atoms with Gasteiger partial charge in [-0.1, -0.05) is 26.8 Å². The minimum Gasteiger partial charge on any atom is -0.456 e. The fourth-order valence-corrected chi connectivity index (χ4v) is 11.5. The fourth-order valence-electron chi connectivity index (χ4n) is 11.5. The Morgan fingerprint density at radius 3 is 1.96 bits per heavy atom. The lowest BCUT2D eigenvalue weighted by Crippen LogP contribution is -2.75. The van der Waals surface area contributed by atoms with Crippen molar-refractivity contribution in [2.45, 2.75) is 153 Å². The third-order valence-electron chi connectivity index (χ3n) is 14.4. The highest BCUT2D eigenvalue weighted by Gasteiger charge is 2.77. The molecule has 312 valence electrons. The van der Waals surface area contributed by atoms with Crippen molar-refractivity contribution in [3.8, 4) is 0 Å². The van der Waals surface area contributed by atoms with Crippen LogP contribution in [0.15, 0.2) is 29.5 Å². The summed E-state index contributed by atoms with van der Waals surface area (Å²) in [6.07, 6.45) is -8.22. The fraction of sp³-hybridized carbons (Fsp3) is 0.821. The number of nitrogens with zero attached hydrogens (tertiary/aromatic N) is 1. The number of rotatable bonds is 7. The van der Waals surface area contributed by atoms with E-state index in [1.165, 1.54) is 13.0 Å². The molecule has 11 rings (SSSR count). The number of pyridine rings is 1. The molecule has 2 spiro atoms. The predicted octanol–water partition coefficient (Wildman–Crippen LogP) is 8.32. The molecule has 17 heteroatoms. The van der Waals surface area contributed by atoms with Crippen LogP contribution in [0.3, 0.4) is 0 Å². The smallest absolute Gasteiger partial charge is 0.449 e. The van der Waals surface area contributed by atoms with Gasteiger partial charge >= 0.3 is 12.4 Å². The molecule has 0 N–H and O–H groups in total. The summed E-state index contributed by atoms with van der Waals surface area (Å²) in [4.78, 5) is 28.0. The highest BCUT2D eigenvalue weighted by Crippen LogP contribution is 2.65. The molecule has 56 heavy (non-hydrogen) atoms. The van der Waals surface area contributed by atoms with E-state index in [2.05, 4.69) is 18.8 Å². The number of aromatic nitrogens is 1. The molecule has 8 aliphatic heterocycles. The predicted molar refractivity (Wildman–Crippen MR) is 177 cm³/mol. The van der Waals surface area contributed by atoms with Crippen molar-refractivity contribution in [3.05, 3.63) is 40.9 Å². The number of allylic oxidation sites excluding steroid dienone is 1. The Balaban J connectivity index is 0.938. The van der Waals surface area contributed by atoms with Gasteiger partial charge in [0.2, 0.25) is 23.6 Å². The van der Waals surface area contributed by atoms with Crippen LogP contribution in [0.4, 0.5) is 26.3 Å². The Morgan fingerprint density at radius 1 is 0.696 bits per heavy atom. The molecule has 9 heterocycles. The van der Waals surface area contributed by atoms with E-state index < -0.39 is 90.2 Å². The SMILES string of the molecule is C[C@@H]1CC[C@H]2C(COCc3cccc(CO[C@@]4(C(F)(F)F)O[C@@H]5O[C@@]6(C)CCC7[C@H](C)CC[C@@H]([C@H]4C)[C@]75OO6)n3)=C(C(F)(F)F)O[C@@H]3O[C@@]4(C)CCC1[C@]32OO4. The van der Waals surface area contributed by atoms with Crippen LogP contribution in [-0.2, 0) is 61.2 Å². The first-order valence-corrected chi connectivity index (χ1v) is 19.8. The molecule has 2 unspecified atom stereocenters. The summed E-state index contributed by atoms with van der Waals surface area (Å²) >= 11 is 0. The molecule has 14 atom stereocenters. The van der Waals surface area contributed by atoms with E-state index in [1.54, 1.807) is 26.0 Å². The van der Waals surface area contributed by atoms with Crippen molar-refractivity contribution >= 4 is 0 Å². The molecule has 7 saturated heterocycles. The summed E-state index contributed by atoms with van der Waals surface area (Å²) < 4.78 is 126. The van der Waals surface area contributed by atoms with Gasteiger partial charge in [-0.2, -0.15) is 26.3 Å². The van der Waals surface area contributed by atoms with Crippen molar-refractivity contribution in [2.24, 2.45) is 41.4 Å². The number of hydrogen-bond donors (Lipinski definition) is 0. The Kier molecular flexibility index (Phi) is 9.28. The monoisotopic (exact) mass is 805 g/mol. The molecule has 9 fully saturated rings. The minimum atomic E-state index is -4.97. The van der Waals surface area contributed by atoms with Crippen molar-refractivity contribution < 1.29 is 74.3 Å². The van der Waals surface area contributed by atoms with Gasteiger partial charge < -0.3 is 28.4 Å². The number of halogens is 6. The van der Waals surface area contributed by atoms with Crippen LogP contribution in [0.5, 0.6) is 0 Å². The van der Waals surface area contributed by atoms with E-state index in [1.807, 2.05) is 0 Å². The van der Waals surface area contributed by atoms with Gasteiger partial charge in [0.15, 0.2) is 17.5 Å². The van der Waals surface area contributed by atoms with Gasteiger partial charge in [0, 0.05) is 42.1 Å². The van der Waals surface area contributed by atoms with Gasteiger partial charge in [0.25, 0.3) is 5.79 Å². The number of alkyl halides is 6. The number of hydrogen-bond acceptors (Lipinski definition) is 11. The standard InChI is InChI=1S/C39H49F6NO10/c1-20-9-11-28-22(3)37(39(43,44)45,52-32-35(28)26(20)13-16-34(5,51-32)54-55-35)48-18-24-8-6-7-23(46-24)17-47-19-25-29-12-10-21(2)27-14-15-33(4)50-31(36(27,29)56-53-33)49-30(25)38(40,41)42/h6-8,20-22,26-29,31-32H,9-19H2,1-5H3/t20-,21-,22-,26?,27?,28+,29+,31-,32+,33-,34-,35-,36-,37-/m1/s1. The highest BCUT2D eigenvalue weighted by molar-refractivity contribution is 5.28. The molecule has 2 saturated carbocycles. The average molecular weight is 806 g/mol. The molecular formula is C39H49F6NO10. The summed E-state index contributed by atoms with van der Waals surface area (Å²) in [5.41, 5.74) is -2.21. The lowest BCUT2D eigenvalue weighted by molar-refractivity contribution is -0.599. The molecule has 0 aromatic carbocycles. The van der Waals surface area contributed by atoms with E-state index in [-0.39, 0.29) is 47.2 Å². The Hall–Kier alpha value is -2.09. The first-order chi connectivity index (χ1) is 26.3. The third-order valence-corrected chi connectivity index (χ3v) is 14.4. The summed E-state index contributed by atoms with van der Waals surface area (Å²) in [6, 6.07) is 4.65. The highest BCUT2D eigenvalue weighted by atomic mass is 19.4. The van der Waals surface area contributed by atoms with Crippen LogP contribution in [-0.4, -0.2) is 65.1 Å². The molecule has 1 aromatic rings. The van der Waals surface area contributed by atoms with E-state index in [0.29, 0.717) is 51.4 Å². The molecular weight excluding hydrogens is 756 g/mol. The second-order valence-corrected chi connectivity index (χ2v) is 17.7. The van der Waals surface area contributed by atoms with E-state index in [0.717, 1.165) is 0 Å². The van der Waals surface area contributed by atoms with Gasteiger partial charge in [0.05, 0.1) is 31.2 Å². The molecule has 2 aliphatic carbocycles. The van der Waals surface area contributed by atoms with Crippen LogP contribution in [0.25, 0.3) is 0 Å². The topological polar surface area (TPSA) is 105 Å². The van der Waals surface area contributed by atoms with Gasteiger partial charge in [-0.15, -0.1) is 0 Å². The first kappa shape index (κ1) is 39.4. The van der Waals surface area contributed by atoms with Crippen molar-refractivity contribution in [1.82, 2.24) is 4.98 Å². The van der Waals surface area contributed by atoms with Crippen molar-refractivity contribution in [1.29, 1.82) is 0 Å². The Morgan fingerprint density at radius 2 is 1.30 bits per heavy atom. The number of ether oxygens (including phenoxy) is 6. The lowest BCUT2D eigenvalue weighted by Gasteiger charge is -2.62. The van der Waals surface area contributed by atoms with Crippen molar-refractivity contribution in [3.63, 3.8) is 0 Å². The zero-order valence-electron chi connectivity index (χ0n) is 32.0. The zero-order valence-corrected chi connectivity index (χ0v) is 32.0. The minimum absolute atomic E-state index is 0.104. The third kappa shape index (κ3) is 5.83. The maximum atomic E-state index is 15.4. The van der Waals surface area contributed by atoms with E-state index in [4.69, 9.17) is 48.0 Å². The normalized spacial score (nSPS) is 47.1. The van der Waals surface area contributed by atoms with Crippen LogP contribution in [0, 0.1) is 41.4 Å². The van der Waals surface area contributed by atoms with Gasteiger partial charge in [-0.25, -0.2) is 19.6 Å². The summed E-state index contributed by atoms with van der Waals surface area (Å²) in [5.74, 6) is -9.44. The Bertz CT molecular complexity index is 1730. The first-order valence-electron chi connectivity index (χ1n) is 19.8. The molecule has 4 bridgehead atoms. The van der Waals surface area contributed by atoms with Gasteiger partial charge in [0.1, 0.15) is 0 Å². The van der Waals surface area contributed by atoms with E-state index in [9.17, 15) is 13.2 Å². The quantitative estimate of drug-likeness (QED) is 0.196. The van der Waals surface area contributed by atoms with Crippen molar-refractivity contribution in [2.75, 3.05) is 6.61 Å². The second kappa shape index (κ2) is 13.2. The summed E-state index contributed by atoms with van der Waals surface area (Å²) in [7, 11) is 0. The summed E-state index contributed by atoms with van der Waals surface area (Å²) in [5, 5.41) is 0. The maximum absolute atomic E-state index is 15.4. The van der Waals surface area contributed by atoms with Crippen LogP contribution >= 0.6 is 0 Å². The molecule has 0 radical (unpaired) electrons. The van der Waals surface area contributed by atoms with Gasteiger partial charge in [-0.3, -0.25) is 4.98 Å². The molecule has 0 amide bonds. The number of fused-ring (bicyclic) bond motifs is 4. The van der Waals surface area contributed by atoms with Gasteiger partial charge in [-0.05, 0) is 82.3 Å². The van der Waals surface area contributed by atoms with Crippen LogP contribution < -0.4 is 0 Å². The molecule has 1 aromatic heterocycles. The Labute approximate surface area is 320 Å². The largest absolute Gasteiger partial charge is 0.456 e. The maximum Gasteiger partial charge on any atom is 0.449 e. The lowest BCUT2D eigenvalue weighted by atomic mass is 9.57. The van der Waals surface area contributed by atoms with Crippen LogP contribution in [0.1, 0.15) is 97.4 Å². The average Bonchev–Trinajstić information content (AvgIpc) is 3.51. The van der Waals surface area contributed by atoms with Crippen LogP contribution in [0.2, 0.25) is 0 Å².